The van der Waals surface area contributed by atoms with Crippen molar-refractivity contribution in [3.63, 3.8) is 0 Å². The highest BCUT2D eigenvalue weighted by Crippen LogP contribution is 2.16. The van der Waals surface area contributed by atoms with Gasteiger partial charge < -0.3 is 14.8 Å². The Balaban J connectivity index is 2.52. The third-order valence-corrected chi connectivity index (χ3v) is 3.33. The van der Waals surface area contributed by atoms with Gasteiger partial charge in [-0.05, 0) is 46.0 Å². The number of hydrogen-bond acceptors (Lipinski definition) is 4. The highest BCUT2D eigenvalue weighted by molar-refractivity contribution is 5.85. The van der Waals surface area contributed by atoms with Gasteiger partial charge in [0.05, 0.1) is 12.5 Å². The van der Waals surface area contributed by atoms with Crippen LogP contribution in [0.15, 0.2) is 0 Å². The predicted molar refractivity (Wildman–Crippen MR) is 80.8 cm³/mol. The number of carbonyl (C=O) groups excluding carboxylic acids is 2. The summed E-state index contributed by atoms with van der Waals surface area (Å²) in [5, 5.41) is 2.79. The summed E-state index contributed by atoms with van der Waals surface area (Å²) in [5.74, 6) is -0.544. The number of hydrogen-bond donors (Lipinski definition) is 1. The van der Waals surface area contributed by atoms with Gasteiger partial charge >= 0.3 is 5.97 Å². The van der Waals surface area contributed by atoms with Crippen LogP contribution in [0.1, 0.15) is 60.3 Å². The number of rotatable bonds is 5. The normalized spacial score (nSPS) is 21.0. The lowest BCUT2D eigenvalue weighted by molar-refractivity contribution is -0.160. The molecule has 1 N–H and O–H groups in total. The summed E-state index contributed by atoms with van der Waals surface area (Å²) < 4.78 is 10.9. The van der Waals surface area contributed by atoms with E-state index >= 15 is 0 Å². The van der Waals surface area contributed by atoms with Crippen LogP contribution in [0, 0.1) is 5.92 Å². The molecule has 5 nitrogen and oxygen atoms in total. The largest absolute Gasteiger partial charge is 0.458 e. The smallest absolute Gasteiger partial charge is 0.329 e. The quantitative estimate of drug-likeness (QED) is 0.792. The van der Waals surface area contributed by atoms with Gasteiger partial charge in [-0.15, -0.1) is 0 Å². The first kappa shape index (κ1) is 18.0. The Morgan fingerprint density at radius 3 is 2.43 bits per heavy atom. The van der Waals surface area contributed by atoms with Gasteiger partial charge in [-0.25, -0.2) is 4.79 Å². The van der Waals surface area contributed by atoms with Crippen LogP contribution in [0.3, 0.4) is 0 Å². The van der Waals surface area contributed by atoms with Gasteiger partial charge in [-0.2, -0.15) is 0 Å². The molecule has 0 aromatic rings. The zero-order valence-corrected chi connectivity index (χ0v) is 13.9. The van der Waals surface area contributed by atoms with Crippen LogP contribution in [0.25, 0.3) is 0 Å². The Hall–Kier alpha value is -1.10. The van der Waals surface area contributed by atoms with Gasteiger partial charge in [0.1, 0.15) is 11.6 Å². The third kappa shape index (κ3) is 6.93. The van der Waals surface area contributed by atoms with Crippen LogP contribution in [-0.4, -0.2) is 36.2 Å². The summed E-state index contributed by atoms with van der Waals surface area (Å²) >= 11 is 0. The maximum atomic E-state index is 12.2. The lowest BCUT2D eigenvalue weighted by Gasteiger charge is -2.27. The molecule has 2 atom stereocenters. The second-order valence-electron chi connectivity index (χ2n) is 7.02. The molecule has 0 bridgehead atoms. The SMILES string of the molecule is CC(C)[C@@H](NC(=O)CC1CCCCO1)C(=O)OC(C)(C)C. The first-order valence-electron chi connectivity index (χ1n) is 7.83. The molecule has 0 aromatic heterocycles. The maximum absolute atomic E-state index is 12.2. The van der Waals surface area contributed by atoms with Gasteiger partial charge in [-0.3, -0.25) is 4.79 Å². The molecule has 1 aliphatic rings. The molecule has 1 unspecified atom stereocenters. The molecule has 122 valence electrons. The summed E-state index contributed by atoms with van der Waals surface area (Å²) in [6.45, 7) is 9.97. The monoisotopic (exact) mass is 299 g/mol. The van der Waals surface area contributed by atoms with Crippen molar-refractivity contribution < 1.29 is 19.1 Å². The fraction of sp³-hybridized carbons (Fsp3) is 0.875. The molecule has 1 rings (SSSR count). The second kappa shape index (κ2) is 7.78. The van der Waals surface area contributed by atoms with E-state index in [-0.39, 0.29) is 23.9 Å². The van der Waals surface area contributed by atoms with Crippen molar-refractivity contribution >= 4 is 11.9 Å². The Morgan fingerprint density at radius 2 is 1.95 bits per heavy atom. The van der Waals surface area contributed by atoms with E-state index < -0.39 is 11.6 Å². The van der Waals surface area contributed by atoms with E-state index in [1.165, 1.54) is 0 Å². The van der Waals surface area contributed by atoms with Crippen molar-refractivity contribution in [3.8, 4) is 0 Å². The zero-order valence-electron chi connectivity index (χ0n) is 13.9. The molecule has 1 saturated heterocycles. The third-order valence-electron chi connectivity index (χ3n) is 3.33. The van der Waals surface area contributed by atoms with Crippen LogP contribution in [0.2, 0.25) is 0 Å². The van der Waals surface area contributed by atoms with Gasteiger partial charge in [0.2, 0.25) is 5.91 Å². The fourth-order valence-electron chi connectivity index (χ4n) is 2.27. The van der Waals surface area contributed by atoms with E-state index in [1.807, 2.05) is 34.6 Å². The topological polar surface area (TPSA) is 64.6 Å². The minimum atomic E-state index is -0.611. The van der Waals surface area contributed by atoms with E-state index in [0.717, 1.165) is 25.9 Å². The van der Waals surface area contributed by atoms with Crippen molar-refractivity contribution in [2.75, 3.05) is 6.61 Å². The number of amides is 1. The van der Waals surface area contributed by atoms with Crippen LogP contribution in [0.5, 0.6) is 0 Å². The summed E-state index contributed by atoms with van der Waals surface area (Å²) in [6.07, 6.45) is 3.35. The standard InChI is InChI=1S/C16H29NO4/c1-11(2)14(15(19)21-16(3,4)5)17-13(18)10-12-8-6-7-9-20-12/h11-12,14H,6-10H2,1-5H3,(H,17,18)/t12?,14-/m1/s1. The van der Waals surface area contributed by atoms with Gasteiger partial charge in [-0.1, -0.05) is 13.8 Å². The molecular weight excluding hydrogens is 270 g/mol. The van der Waals surface area contributed by atoms with Crippen LogP contribution in [0.4, 0.5) is 0 Å². The van der Waals surface area contributed by atoms with Crippen LogP contribution >= 0.6 is 0 Å². The number of ether oxygens (including phenoxy) is 2. The fourth-order valence-corrected chi connectivity index (χ4v) is 2.27. The number of nitrogens with one attached hydrogen (secondary N) is 1. The molecule has 1 amide bonds. The molecule has 1 aliphatic heterocycles. The Kier molecular flexibility index (Phi) is 6.65. The lowest BCUT2D eigenvalue weighted by Crippen LogP contribution is -2.48. The molecule has 21 heavy (non-hydrogen) atoms. The Bertz CT molecular complexity index is 354. The first-order chi connectivity index (χ1) is 9.69. The highest BCUT2D eigenvalue weighted by Gasteiger charge is 2.30. The van der Waals surface area contributed by atoms with E-state index in [4.69, 9.17) is 9.47 Å². The number of esters is 1. The first-order valence-corrected chi connectivity index (χ1v) is 7.83. The predicted octanol–water partition coefficient (Wildman–Crippen LogP) is 2.43. The highest BCUT2D eigenvalue weighted by atomic mass is 16.6. The zero-order chi connectivity index (χ0) is 16.0. The van der Waals surface area contributed by atoms with Crippen molar-refractivity contribution in [2.45, 2.75) is 78.0 Å². The Morgan fingerprint density at radius 1 is 1.29 bits per heavy atom. The van der Waals surface area contributed by atoms with E-state index in [9.17, 15) is 9.59 Å². The van der Waals surface area contributed by atoms with Crippen LogP contribution < -0.4 is 5.32 Å². The average molecular weight is 299 g/mol. The summed E-state index contributed by atoms with van der Waals surface area (Å²) in [5.41, 5.74) is -0.554. The van der Waals surface area contributed by atoms with Gasteiger partial charge in [0.15, 0.2) is 0 Å². The molecule has 0 radical (unpaired) electrons. The second-order valence-corrected chi connectivity index (χ2v) is 7.02. The molecule has 1 heterocycles. The molecular formula is C16H29NO4. The summed E-state index contributed by atoms with van der Waals surface area (Å²) in [4.78, 5) is 24.3. The molecule has 0 aliphatic carbocycles. The lowest BCUT2D eigenvalue weighted by atomic mass is 10.0. The van der Waals surface area contributed by atoms with E-state index in [2.05, 4.69) is 5.32 Å². The molecule has 0 aromatic carbocycles. The average Bonchev–Trinajstić information content (AvgIpc) is 2.34. The van der Waals surface area contributed by atoms with Crippen molar-refractivity contribution in [1.82, 2.24) is 5.32 Å². The van der Waals surface area contributed by atoms with Crippen molar-refractivity contribution in [1.29, 1.82) is 0 Å². The van der Waals surface area contributed by atoms with Crippen molar-refractivity contribution in [3.05, 3.63) is 0 Å². The van der Waals surface area contributed by atoms with E-state index in [1.54, 1.807) is 0 Å². The maximum Gasteiger partial charge on any atom is 0.329 e. The van der Waals surface area contributed by atoms with Crippen molar-refractivity contribution in [2.24, 2.45) is 5.92 Å². The van der Waals surface area contributed by atoms with E-state index in [0.29, 0.717) is 6.42 Å². The molecule has 0 saturated carbocycles. The van der Waals surface area contributed by atoms with Gasteiger partial charge in [0.25, 0.3) is 0 Å². The molecule has 1 fully saturated rings. The molecule has 5 heteroatoms. The minimum absolute atomic E-state index is 0.0175. The van der Waals surface area contributed by atoms with Gasteiger partial charge in [0, 0.05) is 6.61 Å². The summed E-state index contributed by atoms with van der Waals surface area (Å²) in [6, 6.07) is -0.611. The minimum Gasteiger partial charge on any atom is -0.458 e. The Labute approximate surface area is 127 Å². The molecule has 0 spiro atoms. The van der Waals surface area contributed by atoms with Crippen LogP contribution in [-0.2, 0) is 19.1 Å². The number of carbonyl (C=O) groups is 2. The summed E-state index contributed by atoms with van der Waals surface area (Å²) in [7, 11) is 0.